The lowest BCUT2D eigenvalue weighted by Crippen LogP contribution is -1.79. The SMILES string of the molecule is [N-]=[N+]=NCCCCF. The molecule has 46 valence electrons. The summed E-state index contributed by atoms with van der Waals surface area (Å²) in [5, 5.41) is 3.22. The number of hydrogen-bond donors (Lipinski definition) is 0. The van der Waals surface area contributed by atoms with Crippen LogP contribution in [0.15, 0.2) is 5.11 Å². The topological polar surface area (TPSA) is 48.8 Å². The van der Waals surface area contributed by atoms with Gasteiger partial charge in [-0.05, 0) is 18.4 Å². The summed E-state index contributed by atoms with van der Waals surface area (Å²) in [5.41, 5.74) is 7.73. The van der Waals surface area contributed by atoms with E-state index in [2.05, 4.69) is 10.0 Å². The summed E-state index contributed by atoms with van der Waals surface area (Å²) in [4.78, 5) is 2.51. The molecule has 0 amide bonds. The Morgan fingerprint density at radius 2 is 2.25 bits per heavy atom. The molecule has 0 aromatic carbocycles. The number of hydrogen-bond acceptors (Lipinski definition) is 1. The summed E-state index contributed by atoms with van der Waals surface area (Å²) in [7, 11) is 0. The molecule has 3 nitrogen and oxygen atoms in total. The van der Waals surface area contributed by atoms with E-state index < -0.39 is 0 Å². The van der Waals surface area contributed by atoms with E-state index >= 15 is 0 Å². The van der Waals surface area contributed by atoms with Gasteiger partial charge in [0.25, 0.3) is 0 Å². The predicted octanol–water partition coefficient (Wildman–Crippen LogP) is 2.05. The maximum atomic E-state index is 11.3. The Morgan fingerprint density at radius 3 is 2.75 bits per heavy atom. The van der Waals surface area contributed by atoms with Crippen molar-refractivity contribution in [3.63, 3.8) is 0 Å². The number of nitrogens with zero attached hydrogens (tertiary/aromatic N) is 3. The van der Waals surface area contributed by atoms with Gasteiger partial charge in [0.05, 0.1) is 6.67 Å². The van der Waals surface area contributed by atoms with E-state index in [4.69, 9.17) is 5.53 Å². The normalized spacial score (nSPS) is 8.12. The highest BCUT2D eigenvalue weighted by atomic mass is 19.1. The van der Waals surface area contributed by atoms with Gasteiger partial charge in [-0.15, -0.1) is 0 Å². The fourth-order valence-electron chi connectivity index (χ4n) is 0.322. The average Bonchev–Trinajstić information content (AvgIpc) is 1.81. The molecule has 8 heavy (non-hydrogen) atoms. The molecule has 4 heteroatoms. The van der Waals surface area contributed by atoms with Crippen molar-refractivity contribution in [1.29, 1.82) is 0 Å². The molecule has 0 aromatic heterocycles. The van der Waals surface area contributed by atoms with Crippen molar-refractivity contribution >= 4 is 0 Å². The summed E-state index contributed by atoms with van der Waals surface area (Å²) >= 11 is 0. The molecule has 0 fully saturated rings. The van der Waals surface area contributed by atoms with Crippen LogP contribution in [0.25, 0.3) is 10.4 Å². The van der Waals surface area contributed by atoms with Gasteiger partial charge in [0.1, 0.15) is 0 Å². The monoisotopic (exact) mass is 117 g/mol. The van der Waals surface area contributed by atoms with Crippen molar-refractivity contribution in [2.45, 2.75) is 12.8 Å². The molecule has 0 saturated heterocycles. The quantitative estimate of drug-likeness (QED) is 0.234. The molecule has 0 aliphatic carbocycles. The Hall–Kier alpha value is -0.760. The van der Waals surface area contributed by atoms with Crippen molar-refractivity contribution < 1.29 is 4.39 Å². The first kappa shape index (κ1) is 7.24. The van der Waals surface area contributed by atoms with E-state index in [1.54, 1.807) is 0 Å². The standard InChI is InChI=1S/C4H8FN3/c5-3-1-2-4-7-8-6/h1-4H2. The number of rotatable bonds is 4. The van der Waals surface area contributed by atoms with E-state index in [9.17, 15) is 4.39 Å². The second kappa shape index (κ2) is 6.24. The van der Waals surface area contributed by atoms with Gasteiger partial charge in [0.15, 0.2) is 0 Å². The summed E-state index contributed by atoms with van der Waals surface area (Å²) < 4.78 is 11.3. The molecular formula is C4H8FN3. The summed E-state index contributed by atoms with van der Waals surface area (Å²) in [6.07, 6.45) is 1.15. The molecule has 0 atom stereocenters. The van der Waals surface area contributed by atoms with Gasteiger partial charge >= 0.3 is 0 Å². The molecule has 0 saturated carbocycles. The highest BCUT2D eigenvalue weighted by molar-refractivity contribution is 4.45. The van der Waals surface area contributed by atoms with Crippen molar-refractivity contribution in [3.8, 4) is 0 Å². The smallest absolute Gasteiger partial charge is 0.0894 e. The molecule has 0 heterocycles. The largest absolute Gasteiger partial charge is 0.251 e. The molecule has 0 radical (unpaired) electrons. The predicted molar refractivity (Wildman–Crippen MR) is 29.2 cm³/mol. The lowest BCUT2D eigenvalue weighted by molar-refractivity contribution is 0.464. The molecular weight excluding hydrogens is 109 g/mol. The van der Waals surface area contributed by atoms with Gasteiger partial charge in [-0.3, -0.25) is 4.39 Å². The van der Waals surface area contributed by atoms with Crippen LogP contribution < -0.4 is 0 Å². The first-order chi connectivity index (χ1) is 3.91. The Balaban J connectivity index is 2.82. The van der Waals surface area contributed by atoms with Crippen molar-refractivity contribution in [3.05, 3.63) is 10.4 Å². The first-order valence-electron chi connectivity index (χ1n) is 2.48. The zero-order chi connectivity index (χ0) is 6.24. The Kier molecular flexibility index (Phi) is 5.65. The molecule has 0 spiro atoms. The van der Waals surface area contributed by atoms with Crippen LogP contribution in [-0.4, -0.2) is 13.2 Å². The van der Waals surface area contributed by atoms with Gasteiger partial charge in [-0.1, -0.05) is 5.11 Å². The average molecular weight is 117 g/mol. The van der Waals surface area contributed by atoms with Gasteiger partial charge in [0.2, 0.25) is 0 Å². The minimum Gasteiger partial charge on any atom is -0.251 e. The van der Waals surface area contributed by atoms with Crippen LogP contribution in [0.5, 0.6) is 0 Å². The van der Waals surface area contributed by atoms with Gasteiger partial charge in [-0.25, -0.2) is 0 Å². The molecule has 0 bridgehead atoms. The molecule has 0 aliphatic heterocycles. The molecule has 0 unspecified atom stereocenters. The second-order valence-electron chi connectivity index (χ2n) is 1.35. The third-order valence-corrected chi connectivity index (χ3v) is 0.705. The third kappa shape index (κ3) is 5.24. The van der Waals surface area contributed by atoms with Crippen LogP contribution in [0.3, 0.4) is 0 Å². The van der Waals surface area contributed by atoms with Crippen molar-refractivity contribution in [1.82, 2.24) is 0 Å². The van der Waals surface area contributed by atoms with E-state index in [0.29, 0.717) is 19.4 Å². The van der Waals surface area contributed by atoms with E-state index in [0.717, 1.165) is 0 Å². The maximum Gasteiger partial charge on any atom is 0.0894 e. The van der Waals surface area contributed by atoms with E-state index in [-0.39, 0.29) is 6.67 Å². The summed E-state index contributed by atoms with van der Waals surface area (Å²) in [6, 6.07) is 0. The van der Waals surface area contributed by atoms with Crippen LogP contribution in [0.2, 0.25) is 0 Å². The highest BCUT2D eigenvalue weighted by Crippen LogP contribution is 1.88. The fraction of sp³-hybridized carbons (Fsp3) is 1.00. The Labute approximate surface area is 47.1 Å². The van der Waals surface area contributed by atoms with Gasteiger partial charge in [0, 0.05) is 11.5 Å². The maximum absolute atomic E-state index is 11.3. The molecule has 0 N–H and O–H groups in total. The van der Waals surface area contributed by atoms with Crippen LogP contribution in [0, 0.1) is 0 Å². The lowest BCUT2D eigenvalue weighted by atomic mass is 10.3. The third-order valence-electron chi connectivity index (χ3n) is 0.705. The van der Waals surface area contributed by atoms with E-state index in [1.165, 1.54) is 0 Å². The van der Waals surface area contributed by atoms with Gasteiger partial charge in [-0.2, -0.15) is 0 Å². The molecule has 0 aromatic rings. The number of azide groups is 1. The highest BCUT2D eigenvalue weighted by Gasteiger charge is 1.81. The Bertz CT molecular complexity index is 87.3. The summed E-state index contributed by atoms with van der Waals surface area (Å²) in [6.45, 7) is 0.0986. The van der Waals surface area contributed by atoms with Crippen LogP contribution in [0.1, 0.15) is 12.8 Å². The zero-order valence-corrected chi connectivity index (χ0v) is 4.55. The van der Waals surface area contributed by atoms with Crippen molar-refractivity contribution in [2.24, 2.45) is 5.11 Å². The van der Waals surface area contributed by atoms with E-state index in [1.807, 2.05) is 0 Å². The number of unbranched alkanes of at least 4 members (excludes halogenated alkanes) is 1. The van der Waals surface area contributed by atoms with Gasteiger partial charge < -0.3 is 0 Å². The molecule has 0 rings (SSSR count). The van der Waals surface area contributed by atoms with Crippen molar-refractivity contribution in [2.75, 3.05) is 13.2 Å². The van der Waals surface area contributed by atoms with Crippen LogP contribution >= 0.6 is 0 Å². The summed E-state index contributed by atoms with van der Waals surface area (Å²) in [5.74, 6) is 0. The number of halogens is 1. The number of alkyl halides is 1. The fourth-order valence-corrected chi connectivity index (χ4v) is 0.322. The van der Waals surface area contributed by atoms with Crippen LogP contribution in [-0.2, 0) is 0 Å². The minimum atomic E-state index is -0.319. The lowest BCUT2D eigenvalue weighted by Gasteiger charge is -1.84. The Morgan fingerprint density at radius 1 is 1.50 bits per heavy atom. The molecule has 0 aliphatic rings. The second-order valence-corrected chi connectivity index (χ2v) is 1.35. The minimum absolute atomic E-state index is 0.319. The first-order valence-corrected chi connectivity index (χ1v) is 2.48. The zero-order valence-electron chi connectivity index (χ0n) is 4.55. The van der Waals surface area contributed by atoms with Crippen LogP contribution in [0.4, 0.5) is 4.39 Å².